The highest BCUT2D eigenvalue weighted by molar-refractivity contribution is 7.98. The highest BCUT2D eigenvalue weighted by Gasteiger charge is 2.45. The van der Waals surface area contributed by atoms with Gasteiger partial charge in [-0.1, -0.05) is 25.7 Å². The summed E-state index contributed by atoms with van der Waals surface area (Å²) in [6.45, 7) is 90.1. The summed E-state index contributed by atoms with van der Waals surface area (Å²) in [6, 6.07) is 14.0. The lowest BCUT2D eigenvalue weighted by molar-refractivity contribution is -0.0830. The Labute approximate surface area is 765 Å². The van der Waals surface area contributed by atoms with Crippen molar-refractivity contribution in [1.82, 2.24) is 94.1 Å². The molecule has 13 aliphatic rings. The maximum absolute atomic E-state index is 12.7. The standard InChI is InChI=1S/C15H27N3.C14H27N3.C13H23N5.C13H26N2.C12H24F2N2.C11H22N2O.C11H22N2.C10H22N2S/c1-14(2,3)18-9-5-13(6-10-18)17(4)12-15(11-16)7-8-15;1-13(2,3)17-8-6-12(7-9-17)16-11-14(4,5)10-15;1-12(2)15-5-7-16(8-6-15)17-9-10-18-13(11-17)3-4-14-18;1-12(2)14-8-10-15(11-9-14)13-6-4-3-5-7-13;1-11(2,3)16-7-5-10(6-8-16)15-9-12(4,13)14;1-11(2,3)13-6-4-12(5-7-13)10-8-14-9-10;1-10(2)12-6-8-13(9-7-12)11-4-3-5-11;1-10(2)12-6-4-11(5-7-12)8-9-13-3/h13H,5-10,12H2,1-4H3;12,16H,6-9,11H2,1-5H3;3-4,12H,5-11H2,1-2H3;12-13H,3-11H2,1-2H3;10,15H,5-9H2,1-4H3;10H,4-9H2,1-3H3;10-11H,3-9H2,1-2H3;10H,4-9H2,1-3H3. The van der Waals surface area contributed by atoms with Gasteiger partial charge in [0.15, 0.2) is 0 Å². The number of aromatic nitrogens is 2. The molecule has 3 aliphatic carbocycles. The van der Waals surface area contributed by atoms with E-state index in [1.807, 2.05) is 31.8 Å². The lowest BCUT2D eigenvalue weighted by Gasteiger charge is -2.46. The van der Waals surface area contributed by atoms with Crippen LogP contribution < -0.4 is 10.6 Å². The van der Waals surface area contributed by atoms with Gasteiger partial charge in [-0.15, -0.1) is 0 Å². The molecule has 25 heteroatoms. The van der Waals surface area contributed by atoms with Crippen molar-refractivity contribution in [2.24, 2.45) is 10.8 Å². The van der Waals surface area contributed by atoms with Gasteiger partial charge in [0.05, 0.1) is 67.6 Å². The fourth-order valence-electron chi connectivity index (χ4n) is 19.6. The summed E-state index contributed by atoms with van der Waals surface area (Å²) in [5.74, 6) is -1.32. The highest BCUT2D eigenvalue weighted by atomic mass is 32.2. The number of nitriles is 2. The summed E-state index contributed by atoms with van der Waals surface area (Å²) in [7, 11) is 2.20. The van der Waals surface area contributed by atoms with Gasteiger partial charge >= 0.3 is 0 Å². The number of piperidine rings is 3. The van der Waals surface area contributed by atoms with Crippen molar-refractivity contribution >= 4 is 11.8 Å². The third-order valence-corrected chi connectivity index (χ3v) is 30.1. The Balaban J connectivity index is 0.000000195. The topological polar surface area (TPSA) is 147 Å². The molecule has 10 aliphatic heterocycles. The van der Waals surface area contributed by atoms with Crippen LogP contribution >= 0.6 is 11.8 Å². The van der Waals surface area contributed by atoms with Crippen LogP contribution in [0.3, 0.4) is 0 Å². The van der Waals surface area contributed by atoms with E-state index in [-0.39, 0.29) is 34.5 Å². The zero-order valence-electron chi connectivity index (χ0n) is 84.8. The number of alkyl halides is 2. The van der Waals surface area contributed by atoms with Crippen molar-refractivity contribution < 1.29 is 13.5 Å². The van der Waals surface area contributed by atoms with Gasteiger partial charge in [0.25, 0.3) is 5.92 Å². The molecule has 3 saturated carbocycles. The van der Waals surface area contributed by atoms with Crippen LogP contribution in [0.2, 0.25) is 0 Å². The van der Waals surface area contributed by atoms with Crippen molar-refractivity contribution in [3.8, 4) is 12.1 Å². The number of hydrazine groups is 1. The summed E-state index contributed by atoms with van der Waals surface area (Å²) >= 11 is 1.95. The Morgan fingerprint density at radius 3 is 1.21 bits per heavy atom. The number of ether oxygens (including phenoxy) is 1. The van der Waals surface area contributed by atoms with Gasteiger partial charge in [0.2, 0.25) is 0 Å². The van der Waals surface area contributed by atoms with Crippen LogP contribution in [0.15, 0.2) is 12.3 Å². The zero-order chi connectivity index (χ0) is 91.2. The molecule has 0 unspecified atom stereocenters. The van der Waals surface area contributed by atoms with Gasteiger partial charge in [-0.3, -0.25) is 63.5 Å². The average Bonchev–Trinajstić information content (AvgIpc) is 1.54. The van der Waals surface area contributed by atoms with Gasteiger partial charge in [0, 0.05) is 292 Å². The SMILES string of the molecule is CC(C)(C#N)CNC1CCN(C(C)(C)C)CC1.CC(C)(C)N1CCN(C2COC2)CC1.CC(C)N1CCN(C2CCC2)CC1.CC(C)N1CCN(C2CCCCC2)CC1.CC(C)N1CCN(N2CCn3nccc3C2)CC1.CC(F)(F)CNC1CCN(C(C)(C)C)CC1.CN(CC1(C#N)CC1)C1CCN(C(C)(C)C)CC1.CSCCN1CCN(C(C)C)CC1. The minimum atomic E-state index is -2.60. The first-order valence-electron chi connectivity index (χ1n) is 50.2. The van der Waals surface area contributed by atoms with Crippen LogP contribution in [0, 0.1) is 33.5 Å². The first-order chi connectivity index (χ1) is 58.4. The van der Waals surface area contributed by atoms with E-state index >= 15 is 0 Å². The van der Waals surface area contributed by atoms with Crippen molar-refractivity contribution in [2.75, 3.05) is 235 Å². The van der Waals surface area contributed by atoms with E-state index in [1.165, 1.54) is 226 Å². The van der Waals surface area contributed by atoms with Crippen molar-refractivity contribution in [1.29, 1.82) is 10.5 Å². The molecule has 11 heterocycles. The van der Waals surface area contributed by atoms with Crippen LogP contribution in [0.4, 0.5) is 8.78 Å². The molecule has 0 bridgehead atoms. The van der Waals surface area contributed by atoms with Crippen molar-refractivity contribution in [3.05, 3.63) is 18.0 Å². The predicted molar refractivity (Wildman–Crippen MR) is 520 cm³/mol. The maximum atomic E-state index is 12.7. The Hall–Kier alpha value is -2.32. The van der Waals surface area contributed by atoms with Crippen LogP contribution in [0.5, 0.6) is 0 Å². The number of likely N-dealkylation sites (tertiary alicyclic amines) is 3. The number of thioether (sulfide) groups is 1. The molecule has 124 heavy (non-hydrogen) atoms. The number of nitrogens with zero attached hydrogens (tertiary/aromatic N) is 19. The molecule has 12 fully saturated rings. The Bertz CT molecular complexity index is 3070. The smallest absolute Gasteiger partial charge is 0.257 e. The molecule has 9 saturated heterocycles. The quantitative estimate of drug-likeness (QED) is 0.127. The third kappa shape index (κ3) is 38.7. The normalized spacial score (nSPS) is 24.2. The number of halogens is 2. The van der Waals surface area contributed by atoms with Gasteiger partial charge in [-0.2, -0.15) is 27.4 Å². The van der Waals surface area contributed by atoms with E-state index in [0.717, 1.165) is 154 Å². The van der Waals surface area contributed by atoms with Crippen LogP contribution in [0.25, 0.3) is 0 Å². The number of piperazine rings is 5. The fourth-order valence-corrected chi connectivity index (χ4v) is 20.0. The van der Waals surface area contributed by atoms with Gasteiger partial charge < -0.3 is 20.3 Å². The lowest BCUT2D eigenvalue weighted by atomic mass is 9.91. The first-order valence-corrected chi connectivity index (χ1v) is 51.6. The van der Waals surface area contributed by atoms with Crippen LogP contribution in [-0.2, 0) is 17.8 Å². The van der Waals surface area contributed by atoms with Gasteiger partial charge in [0.1, 0.15) is 0 Å². The maximum Gasteiger partial charge on any atom is 0.257 e. The van der Waals surface area contributed by atoms with E-state index in [4.69, 9.17) is 15.3 Å². The van der Waals surface area contributed by atoms with Crippen LogP contribution in [0.1, 0.15) is 268 Å². The third-order valence-electron chi connectivity index (χ3n) is 29.5. The Morgan fingerprint density at radius 1 is 0.468 bits per heavy atom. The Morgan fingerprint density at radius 2 is 0.847 bits per heavy atom. The largest absolute Gasteiger partial charge is 0.378 e. The fraction of sp³-hybridized carbons (Fsp3) is 0.949. The molecule has 22 nitrogen and oxygen atoms in total. The molecule has 0 spiro atoms. The molecule has 1 aromatic rings. The summed E-state index contributed by atoms with van der Waals surface area (Å²) in [5.41, 5.74) is 2.22. The zero-order valence-corrected chi connectivity index (χ0v) is 85.6. The summed E-state index contributed by atoms with van der Waals surface area (Å²) < 4.78 is 32.7. The van der Waals surface area contributed by atoms with Gasteiger partial charge in [-0.05, 0) is 249 Å². The molecule has 2 N–H and O–H groups in total. The molecule has 0 aromatic carbocycles. The van der Waals surface area contributed by atoms with E-state index in [1.54, 1.807) is 0 Å². The lowest BCUT2D eigenvalue weighted by Crippen LogP contribution is -2.59. The minimum Gasteiger partial charge on any atom is -0.378 e. The predicted octanol–water partition coefficient (Wildman–Crippen LogP) is 14.1. The molecular formula is C99H193F2N21OS. The molecule has 1 aromatic heterocycles. The minimum absolute atomic E-state index is 0.00983. The highest BCUT2D eigenvalue weighted by Crippen LogP contribution is 2.46. The molecule has 14 rings (SSSR count). The average molecular weight is 1760 g/mol. The van der Waals surface area contributed by atoms with Crippen LogP contribution in [-0.4, -0.2) is 407 Å². The number of hydrogen-bond acceptors (Lipinski definition) is 22. The summed E-state index contributed by atoms with van der Waals surface area (Å²) in [4.78, 5) is 33.5. The summed E-state index contributed by atoms with van der Waals surface area (Å²) in [6.07, 6.45) is 24.8. The number of hydrogen-bond donors (Lipinski definition) is 2. The number of rotatable bonds is 20. The van der Waals surface area contributed by atoms with Crippen molar-refractivity contribution in [2.45, 2.75) is 364 Å². The van der Waals surface area contributed by atoms with E-state index < -0.39 is 5.92 Å². The number of nitrogens with one attached hydrogen (secondary N) is 2. The Kier molecular flexibility index (Phi) is 45.9. The monoisotopic (exact) mass is 1760 g/mol. The molecular weight excluding hydrogens is 1570 g/mol. The second-order valence-corrected chi connectivity index (χ2v) is 45.9. The van der Waals surface area contributed by atoms with Gasteiger partial charge in [-0.25, -0.2) is 18.8 Å². The van der Waals surface area contributed by atoms with Crippen molar-refractivity contribution in [3.63, 3.8) is 0 Å². The van der Waals surface area contributed by atoms with E-state index in [0.29, 0.717) is 29.2 Å². The first kappa shape index (κ1) is 109. The van der Waals surface area contributed by atoms with E-state index in [2.05, 4.69) is 264 Å². The molecule has 0 atom stereocenters. The number of fused-ring (bicyclic) bond motifs is 1. The molecule has 0 amide bonds. The molecule has 0 radical (unpaired) electrons. The second kappa shape index (κ2) is 52.4. The van der Waals surface area contributed by atoms with E-state index in [9.17, 15) is 8.78 Å². The second-order valence-electron chi connectivity index (χ2n) is 45.0. The summed E-state index contributed by atoms with van der Waals surface area (Å²) in [5, 5.41) is 34.0. The molecule has 720 valence electrons.